The van der Waals surface area contributed by atoms with Crippen LogP contribution in [0.15, 0.2) is 18.2 Å². The number of amides is 2. The Labute approximate surface area is 165 Å². The molecule has 2 amide bonds. The Morgan fingerprint density at radius 3 is 2.61 bits per heavy atom. The molecule has 2 saturated heterocycles. The summed E-state index contributed by atoms with van der Waals surface area (Å²) in [7, 11) is 4.91. The van der Waals surface area contributed by atoms with Crippen molar-refractivity contribution >= 4 is 11.8 Å². The molecule has 1 atom stereocenters. The van der Waals surface area contributed by atoms with Crippen molar-refractivity contribution in [2.75, 3.05) is 54.0 Å². The third-order valence-electron chi connectivity index (χ3n) is 5.57. The quantitative estimate of drug-likeness (QED) is 0.753. The van der Waals surface area contributed by atoms with Crippen LogP contribution >= 0.6 is 0 Å². The van der Waals surface area contributed by atoms with Gasteiger partial charge in [0.1, 0.15) is 0 Å². The van der Waals surface area contributed by atoms with Gasteiger partial charge in [0, 0.05) is 45.3 Å². The van der Waals surface area contributed by atoms with Crippen molar-refractivity contribution in [3.05, 3.63) is 23.8 Å². The molecule has 0 radical (unpaired) electrons. The minimum Gasteiger partial charge on any atom is -0.493 e. The summed E-state index contributed by atoms with van der Waals surface area (Å²) in [6.07, 6.45) is 1.11. The molecule has 1 unspecified atom stereocenters. The highest BCUT2D eigenvalue weighted by molar-refractivity contribution is 5.86. The average molecular weight is 391 g/mol. The van der Waals surface area contributed by atoms with Crippen molar-refractivity contribution in [2.45, 2.75) is 25.0 Å². The van der Waals surface area contributed by atoms with E-state index in [1.165, 1.54) is 0 Å². The van der Waals surface area contributed by atoms with E-state index in [1.54, 1.807) is 37.1 Å². The van der Waals surface area contributed by atoms with Crippen LogP contribution in [0.1, 0.15) is 18.4 Å². The monoisotopic (exact) mass is 391 g/mol. The zero-order chi connectivity index (χ0) is 20.3. The Kier molecular flexibility index (Phi) is 6.10. The van der Waals surface area contributed by atoms with Crippen LogP contribution < -0.4 is 9.47 Å². The van der Waals surface area contributed by atoms with Crippen LogP contribution in [-0.2, 0) is 16.1 Å². The summed E-state index contributed by atoms with van der Waals surface area (Å²) >= 11 is 0. The topological polar surface area (TPSA) is 82.6 Å². The predicted molar refractivity (Wildman–Crippen MR) is 103 cm³/mol. The zero-order valence-corrected chi connectivity index (χ0v) is 16.8. The second-order valence-electron chi connectivity index (χ2n) is 7.54. The van der Waals surface area contributed by atoms with Crippen LogP contribution in [0, 0.1) is 0 Å². The highest BCUT2D eigenvalue weighted by atomic mass is 16.5. The van der Waals surface area contributed by atoms with Crippen LogP contribution in [0.5, 0.6) is 11.5 Å². The van der Waals surface area contributed by atoms with E-state index in [-0.39, 0.29) is 24.9 Å². The number of nitrogens with zero attached hydrogens (tertiary/aromatic N) is 3. The summed E-state index contributed by atoms with van der Waals surface area (Å²) < 4.78 is 10.8. The molecule has 154 valence electrons. The van der Waals surface area contributed by atoms with Crippen molar-refractivity contribution in [1.29, 1.82) is 0 Å². The summed E-state index contributed by atoms with van der Waals surface area (Å²) in [4.78, 5) is 30.3. The number of carbonyl (C=O) groups excluding carboxylic acids is 2. The van der Waals surface area contributed by atoms with Crippen LogP contribution in [-0.4, -0.2) is 91.2 Å². The van der Waals surface area contributed by atoms with Crippen molar-refractivity contribution in [3.63, 3.8) is 0 Å². The van der Waals surface area contributed by atoms with E-state index in [1.807, 2.05) is 17.0 Å². The summed E-state index contributed by atoms with van der Waals surface area (Å²) in [5, 5.41) is 11.1. The first-order valence-corrected chi connectivity index (χ1v) is 9.56. The maximum Gasteiger partial charge on any atom is 0.256 e. The van der Waals surface area contributed by atoms with Gasteiger partial charge < -0.3 is 24.4 Å². The predicted octanol–water partition coefficient (Wildman–Crippen LogP) is 0.331. The van der Waals surface area contributed by atoms with Crippen molar-refractivity contribution in [3.8, 4) is 11.5 Å². The molecule has 3 rings (SSSR count). The van der Waals surface area contributed by atoms with Gasteiger partial charge in [-0.25, -0.2) is 0 Å². The molecule has 2 aliphatic rings. The van der Waals surface area contributed by atoms with Gasteiger partial charge in [-0.2, -0.15) is 0 Å². The highest BCUT2D eigenvalue weighted by Gasteiger charge is 2.44. The number of aliphatic hydroxyl groups is 1. The minimum absolute atomic E-state index is 0.0103. The fourth-order valence-electron chi connectivity index (χ4n) is 3.96. The smallest absolute Gasteiger partial charge is 0.256 e. The molecular formula is C20H29N3O5. The van der Waals surface area contributed by atoms with E-state index >= 15 is 0 Å². The fraction of sp³-hybridized carbons (Fsp3) is 0.600. The van der Waals surface area contributed by atoms with E-state index in [0.29, 0.717) is 50.5 Å². The molecule has 8 nitrogen and oxygen atoms in total. The summed E-state index contributed by atoms with van der Waals surface area (Å²) in [6.45, 7) is 2.58. The molecule has 0 saturated carbocycles. The Balaban J connectivity index is 1.73. The number of rotatable bonds is 6. The number of ether oxygens (including phenoxy) is 2. The number of likely N-dealkylation sites (N-methyl/N-ethyl adjacent to an activating group) is 1. The Bertz CT molecular complexity index is 741. The molecule has 2 aliphatic heterocycles. The number of likely N-dealkylation sites (tertiary alicyclic amines) is 1. The zero-order valence-electron chi connectivity index (χ0n) is 16.8. The van der Waals surface area contributed by atoms with E-state index in [9.17, 15) is 14.7 Å². The minimum atomic E-state index is -1.47. The molecule has 8 heteroatoms. The highest BCUT2D eigenvalue weighted by Crippen LogP contribution is 2.33. The Morgan fingerprint density at radius 1 is 1.14 bits per heavy atom. The average Bonchev–Trinajstić information content (AvgIpc) is 2.68. The molecule has 0 spiro atoms. The summed E-state index contributed by atoms with van der Waals surface area (Å²) in [5.74, 6) is 0.915. The van der Waals surface area contributed by atoms with Crippen LogP contribution in [0.4, 0.5) is 0 Å². The van der Waals surface area contributed by atoms with Crippen molar-refractivity contribution < 1.29 is 24.2 Å². The van der Waals surface area contributed by atoms with Crippen LogP contribution in [0.25, 0.3) is 0 Å². The van der Waals surface area contributed by atoms with Gasteiger partial charge in [0.25, 0.3) is 5.91 Å². The van der Waals surface area contributed by atoms with E-state index < -0.39 is 5.60 Å². The number of benzene rings is 1. The standard InChI is InChI=1S/C20H29N3O5/c1-21-10-11-22(13-17(21)24)14-20(26)8-5-9-23(19(20)25)12-15-6-4-7-16(27-2)18(15)28-3/h4,6-7,26H,5,8-14H2,1-3H3. The molecule has 1 aromatic rings. The summed E-state index contributed by atoms with van der Waals surface area (Å²) in [5.41, 5.74) is -0.644. The second-order valence-corrected chi connectivity index (χ2v) is 7.54. The number of para-hydroxylation sites is 1. The van der Waals surface area contributed by atoms with E-state index in [2.05, 4.69) is 0 Å². The number of piperidine rings is 1. The SMILES string of the molecule is COc1cccc(CN2CCCC(O)(CN3CCN(C)C(=O)C3)C2=O)c1OC. The first-order valence-electron chi connectivity index (χ1n) is 9.56. The lowest BCUT2D eigenvalue weighted by atomic mass is 9.90. The van der Waals surface area contributed by atoms with Gasteiger partial charge in [0.2, 0.25) is 5.91 Å². The lowest BCUT2D eigenvalue weighted by molar-refractivity contribution is -0.162. The first-order chi connectivity index (χ1) is 13.4. The lowest BCUT2D eigenvalue weighted by Crippen LogP contribution is -2.61. The molecule has 0 bridgehead atoms. The molecule has 0 aromatic heterocycles. The van der Waals surface area contributed by atoms with Gasteiger partial charge in [-0.15, -0.1) is 0 Å². The molecule has 2 fully saturated rings. The van der Waals surface area contributed by atoms with Gasteiger partial charge in [0.15, 0.2) is 17.1 Å². The van der Waals surface area contributed by atoms with Crippen molar-refractivity contribution in [1.82, 2.24) is 14.7 Å². The lowest BCUT2D eigenvalue weighted by Gasteiger charge is -2.42. The first kappa shape index (κ1) is 20.4. The van der Waals surface area contributed by atoms with Gasteiger partial charge in [0.05, 0.1) is 20.8 Å². The molecule has 0 aliphatic carbocycles. The molecular weight excluding hydrogens is 362 g/mol. The maximum absolute atomic E-state index is 13.1. The number of methoxy groups -OCH3 is 2. The van der Waals surface area contributed by atoms with Gasteiger partial charge in [-0.05, 0) is 18.9 Å². The Hall–Kier alpha value is -2.32. The van der Waals surface area contributed by atoms with Crippen LogP contribution in [0.3, 0.4) is 0 Å². The summed E-state index contributed by atoms with van der Waals surface area (Å²) in [6, 6.07) is 5.55. The normalized spacial score (nSPS) is 23.9. The van der Waals surface area contributed by atoms with Gasteiger partial charge in [-0.3, -0.25) is 14.5 Å². The van der Waals surface area contributed by atoms with Crippen molar-refractivity contribution in [2.24, 2.45) is 0 Å². The van der Waals surface area contributed by atoms with Crippen LogP contribution in [0.2, 0.25) is 0 Å². The Morgan fingerprint density at radius 2 is 1.93 bits per heavy atom. The molecule has 2 heterocycles. The number of β-amino-alcohol motifs (C(OH)–C–C–N with tert-alkyl or cyclic N) is 1. The number of hydrogen-bond acceptors (Lipinski definition) is 6. The number of piperazine rings is 1. The fourth-order valence-corrected chi connectivity index (χ4v) is 3.96. The largest absolute Gasteiger partial charge is 0.493 e. The number of hydrogen-bond donors (Lipinski definition) is 1. The van der Waals surface area contributed by atoms with E-state index in [0.717, 1.165) is 5.56 Å². The van der Waals surface area contributed by atoms with Gasteiger partial charge in [-0.1, -0.05) is 12.1 Å². The molecule has 1 N–H and O–H groups in total. The molecule has 1 aromatic carbocycles. The maximum atomic E-state index is 13.1. The van der Waals surface area contributed by atoms with Gasteiger partial charge >= 0.3 is 0 Å². The third-order valence-corrected chi connectivity index (χ3v) is 5.57. The molecule has 28 heavy (non-hydrogen) atoms. The second kappa shape index (κ2) is 8.36. The third kappa shape index (κ3) is 4.07. The number of carbonyl (C=O) groups is 2. The van der Waals surface area contributed by atoms with E-state index in [4.69, 9.17) is 9.47 Å².